The second-order valence-corrected chi connectivity index (χ2v) is 7.94. The summed E-state index contributed by atoms with van der Waals surface area (Å²) in [7, 11) is 0. The molecule has 2 amide bonds. The first-order valence-corrected chi connectivity index (χ1v) is 10.4. The van der Waals surface area contributed by atoms with E-state index >= 15 is 0 Å². The second kappa shape index (κ2) is 10.2. The van der Waals surface area contributed by atoms with Crippen LogP contribution in [0.25, 0.3) is 0 Å². The Kier molecular flexibility index (Phi) is 7.42. The quantitative estimate of drug-likeness (QED) is 0.758. The second-order valence-electron chi connectivity index (χ2n) is 7.94. The minimum absolute atomic E-state index is 0.0277. The SMILES string of the molecule is Cc1cc(C)cc(C(=O)NCC(=O)NCc2ccccc2CN2CCCCC2)c1. The van der Waals surface area contributed by atoms with E-state index in [4.69, 9.17) is 0 Å². The van der Waals surface area contributed by atoms with E-state index in [1.54, 1.807) is 0 Å². The zero-order valence-corrected chi connectivity index (χ0v) is 17.5. The monoisotopic (exact) mass is 393 g/mol. The van der Waals surface area contributed by atoms with Gasteiger partial charge in [-0.25, -0.2) is 0 Å². The van der Waals surface area contributed by atoms with E-state index in [1.807, 2.05) is 38.1 Å². The lowest BCUT2D eigenvalue weighted by Crippen LogP contribution is -2.37. The van der Waals surface area contributed by atoms with E-state index in [-0.39, 0.29) is 18.4 Å². The topological polar surface area (TPSA) is 61.4 Å². The Labute approximate surface area is 173 Å². The van der Waals surface area contributed by atoms with E-state index in [0.29, 0.717) is 12.1 Å². The van der Waals surface area contributed by atoms with Crippen molar-refractivity contribution >= 4 is 11.8 Å². The van der Waals surface area contributed by atoms with Crippen molar-refractivity contribution in [3.63, 3.8) is 0 Å². The number of likely N-dealkylation sites (tertiary alicyclic amines) is 1. The molecule has 1 heterocycles. The molecular weight excluding hydrogens is 362 g/mol. The van der Waals surface area contributed by atoms with Crippen LogP contribution in [0.15, 0.2) is 42.5 Å². The maximum absolute atomic E-state index is 12.3. The molecule has 5 heteroatoms. The van der Waals surface area contributed by atoms with Gasteiger partial charge in [0, 0.05) is 18.7 Å². The molecular formula is C24H31N3O2. The molecule has 1 saturated heterocycles. The highest BCUT2D eigenvalue weighted by Crippen LogP contribution is 2.16. The molecule has 2 aromatic rings. The molecule has 1 aliphatic heterocycles. The summed E-state index contributed by atoms with van der Waals surface area (Å²) in [5.74, 6) is -0.409. The lowest BCUT2D eigenvalue weighted by molar-refractivity contribution is -0.120. The molecule has 0 spiro atoms. The number of rotatable bonds is 7. The van der Waals surface area contributed by atoms with Crippen molar-refractivity contribution in [3.05, 3.63) is 70.3 Å². The Bertz CT molecular complexity index is 837. The average molecular weight is 394 g/mol. The number of nitrogens with zero attached hydrogens (tertiary/aromatic N) is 1. The summed E-state index contributed by atoms with van der Waals surface area (Å²) in [5, 5.41) is 5.64. The first-order valence-electron chi connectivity index (χ1n) is 10.4. The van der Waals surface area contributed by atoms with Gasteiger partial charge in [0.2, 0.25) is 5.91 Å². The molecule has 0 radical (unpaired) electrons. The highest BCUT2D eigenvalue weighted by Gasteiger charge is 2.13. The fraction of sp³-hybridized carbons (Fsp3) is 0.417. The zero-order chi connectivity index (χ0) is 20.6. The third-order valence-corrected chi connectivity index (χ3v) is 5.33. The van der Waals surface area contributed by atoms with Crippen LogP contribution >= 0.6 is 0 Å². The number of carbonyl (C=O) groups is 2. The van der Waals surface area contributed by atoms with Crippen LogP contribution in [0.1, 0.15) is 51.9 Å². The summed E-state index contributed by atoms with van der Waals surface area (Å²) < 4.78 is 0. The number of hydrogen-bond donors (Lipinski definition) is 2. The third kappa shape index (κ3) is 6.43. The molecule has 3 rings (SSSR count). The molecule has 0 saturated carbocycles. The third-order valence-electron chi connectivity index (χ3n) is 5.33. The molecule has 1 fully saturated rings. The highest BCUT2D eigenvalue weighted by molar-refractivity contribution is 5.96. The van der Waals surface area contributed by atoms with Crippen molar-refractivity contribution in [3.8, 4) is 0 Å². The first-order chi connectivity index (χ1) is 14.0. The summed E-state index contributed by atoms with van der Waals surface area (Å²) in [6.45, 7) is 7.57. The van der Waals surface area contributed by atoms with Crippen molar-refractivity contribution in [2.75, 3.05) is 19.6 Å². The Morgan fingerprint density at radius 3 is 2.24 bits per heavy atom. The van der Waals surface area contributed by atoms with Crippen molar-refractivity contribution in [1.82, 2.24) is 15.5 Å². The van der Waals surface area contributed by atoms with Gasteiger partial charge < -0.3 is 10.6 Å². The van der Waals surface area contributed by atoms with E-state index in [2.05, 4.69) is 33.7 Å². The minimum Gasteiger partial charge on any atom is -0.350 e. The van der Waals surface area contributed by atoms with Crippen molar-refractivity contribution in [1.29, 1.82) is 0 Å². The summed E-state index contributed by atoms with van der Waals surface area (Å²) >= 11 is 0. The highest BCUT2D eigenvalue weighted by atomic mass is 16.2. The summed E-state index contributed by atoms with van der Waals surface area (Å²) in [6.07, 6.45) is 3.85. The molecule has 2 aromatic carbocycles. The predicted molar refractivity (Wildman–Crippen MR) is 116 cm³/mol. The normalized spacial score (nSPS) is 14.4. The van der Waals surface area contributed by atoms with Gasteiger partial charge in [-0.2, -0.15) is 0 Å². The summed E-state index contributed by atoms with van der Waals surface area (Å²) in [5.41, 5.74) is 5.04. The Morgan fingerprint density at radius 2 is 1.55 bits per heavy atom. The molecule has 0 aliphatic carbocycles. The van der Waals surface area contributed by atoms with Crippen LogP contribution in [0.5, 0.6) is 0 Å². The van der Waals surface area contributed by atoms with E-state index in [0.717, 1.165) is 36.3 Å². The maximum Gasteiger partial charge on any atom is 0.251 e. The van der Waals surface area contributed by atoms with Crippen LogP contribution in [0.4, 0.5) is 0 Å². The lowest BCUT2D eigenvalue weighted by atomic mass is 10.0. The standard InChI is InChI=1S/C24H31N3O2/c1-18-12-19(2)14-22(13-18)24(29)26-16-23(28)25-15-20-8-4-5-9-21(20)17-27-10-6-3-7-11-27/h4-5,8-9,12-14H,3,6-7,10-11,15-17H2,1-2H3,(H,25,28)(H,26,29). The van der Waals surface area contributed by atoms with Gasteiger partial charge in [0.25, 0.3) is 5.91 Å². The molecule has 29 heavy (non-hydrogen) atoms. The van der Waals surface area contributed by atoms with E-state index < -0.39 is 0 Å². The molecule has 0 atom stereocenters. The molecule has 0 unspecified atom stereocenters. The number of piperidine rings is 1. The molecule has 5 nitrogen and oxygen atoms in total. The number of nitrogens with one attached hydrogen (secondary N) is 2. The molecule has 0 bridgehead atoms. The smallest absolute Gasteiger partial charge is 0.251 e. The Balaban J connectivity index is 1.49. The fourth-order valence-corrected chi connectivity index (χ4v) is 3.87. The van der Waals surface area contributed by atoms with Gasteiger partial charge in [-0.15, -0.1) is 0 Å². The van der Waals surface area contributed by atoms with E-state index in [9.17, 15) is 9.59 Å². The van der Waals surface area contributed by atoms with Gasteiger partial charge in [0.15, 0.2) is 0 Å². The van der Waals surface area contributed by atoms with Crippen molar-refractivity contribution in [2.45, 2.75) is 46.2 Å². The summed E-state index contributed by atoms with van der Waals surface area (Å²) in [6, 6.07) is 13.9. The van der Waals surface area contributed by atoms with Crippen molar-refractivity contribution in [2.24, 2.45) is 0 Å². The van der Waals surface area contributed by atoms with Crippen LogP contribution in [0.2, 0.25) is 0 Å². The van der Waals surface area contributed by atoms with Gasteiger partial charge in [-0.05, 0) is 63.0 Å². The maximum atomic E-state index is 12.3. The molecule has 0 aromatic heterocycles. The van der Waals surface area contributed by atoms with Crippen molar-refractivity contribution < 1.29 is 9.59 Å². The van der Waals surface area contributed by atoms with Gasteiger partial charge in [0.05, 0.1) is 6.54 Å². The number of hydrogen-bond acceptors (Lipinski definition) is 3. The van der Waals surface area contributed by atoms with Gasteiger partial charge >= 0.3 is 0 Å². The fourth-order valence-electron chi connectivity index (χ4n) is 3.87. The van der Waals surface area contributed by atoms with Crippen LogP contribution in [-0.4, -0.2) is 36.3 Å². The average Bonchev–Trinajstić information content (AvgIpc) is 2.71. The Morgan fingerprint density at radius 1 is 0.897 bits per heavy atom. The van der Waals surface area contributed by atoms with Gasteiger partial charge in [-0.3, -0.25) is 14.5 Å². The first kappa shape index (κ1) is 21.1. The molecule has 154 valence electrons. The zero-order valence-electron chi connectivity index (χ0n) is 17.5. The van der Waals surface area contributed by atoms with Crippen LogP contribution in [0, 0.1) is 13.8 Å². The molecule has 1 aliphatic rings. The van der Waals surface area contributed by atoms with E-state index in [1.165, 1.54) is 24.8 Å². The largest absolute Gasteiger partial charge is 0.350 e. The lowest BCUT2D eigenvalue weighted by Gasteiger charge is -2.27. The van der Waals surface area contributed by atoms with Crippen LogP contribution < -0.4 is 10.6 Å². The van der Waals surface area contributed by atoms with Gasteiger partial charge in [-0.1, -0.05) is 47.9 Å². The van der Waals surface area contributed by atoms with Crippen LogP contribution in [0.3, 0.4) is 0 Å². The number of carbonyl (C=O) groups excluding carboxylic acids is 2. The Hall–Kier alpha value is -2.66. The number of aryl methyl sites for hydroxylation is 2. The molecule has 2 N–H and O–H groups in total. The minimum atomic E-state index is -0.225. The van der Waals surface area contributed by atoms with Gasteiger partial charge in [0.1, 0.15) is 0 Å². The summed E-state index contributed by atoms with van der Waals surface area (Å²) in [4.78, 5) is 27.0. The van der Waals surface area contributed by atoms with Crippen LogP contribution in [-0.2, 0) is 17.9 Å². The number of amides is 2. The number of benzene rings is 2. The predicted octanol–water partition coefficient (Wildman–Crippen LogP) is 3.34.